The van der Waals surface area contributed by atoms with Crippen molar-refractivity contribution in [3.05, 3.63) is 72.8 Å². The predicted molar refractivity (Wildman–Crippen MR) is 128 cm³/mol. The third kappa shape index (κ3) is 5.72. The van der Waals surface area contributed by atoms with Crippen molar-refractivity contribution in [3.8, 4) is 17.2 Å². The Hall–Kier alpha value is -3.14. The molecule has 0 aliphatic rings. The summed E-state index contributed by atoms with van der Waals surface area (Å²) in [6, 6.07) is 24.4. The van der Waals surface area contributed by atoms with Crippen molar-refractivity contribution in [2.45, 2.75) is 40.0 Å². The zero-order chi connectivity index (χ0) is 21.9. The van der Waals surface area contributed by atoms with Crippen molar-refractivity contribution in [3.63, 3.8) is 0 Å². The summed E-state index contributed by atoms with van der Waals surface area (Å²) in [5.41, 5.74) is 2.86. The van der Waals surface area contributed by atoms with E-state index in [9.17, 15) is 0 Å². The molecule has 3 aromatic rings. The maximum Gasteiger partial charge on any atom is 0.143 e. The van der Waals surface area contributed by atoms with Crippen molar-refractivity contribution in [2.75, 3.05) is 24.7 Å². The van der Waals surface area contributed by atoms with Crippen LogP contribution in [0.3, 0.4) is 0 Å². The predicted octanol–water partition coefficient (Wildman–Crippen LogP) is 7.52. The lowest BCUT2D eigenvalue weighted by molar-refractivity contribution is 0.314. The number of nitrogens with zero attached hydrogens (tertiary/aromatic N) is 1. The Labute approximate surface area is 186 Å². The maximum absolute atomic E-state index is 6.13. The first-order valence-corrected chi connectivity index (χ1v) is 11.3. The first-order chi connectivity index (χ1) is 15.3. The van der Waals surface area contributed by atoms with Crippen molar-refractivity contribution in [1.29, 1.82) is 0 Å². The molecule has 31 heavy (non-hydrogen) atoms. The van der Waals surface area contributed by atoms with E-state index >= 15 is 0 Å². The zero-order valence-corrected chi connectivity index (χ0v) is 18.8. The van der Waals surface area contributed by atoms with Gasteiger partial charge in [0.2, 0.25) is 0 Å². The van der Waals surface area contributed by atoms with Gasteiger partial charge >= 0.3 is 0 Å². The second kappa shape index (κ2) is 11.9. The van der Waals surface area contributed by atoms with Gasteiger partial charge in [-0.25, -0.2) is 0 Å². The van der Waals surface area contributed by atoms with Crippen LogP contribution in [0, 0.1) is 0 Å². The number of anilines is 3. The van der Waals surface area contributed by atoms with Crippen LogP contribution >= 0.6 is 0 Å². The van der Waals surface area contributed by atoms with Crippen molar-refractivity contribution in [2.24, 2.45) is 0 Å². The Balaban J connectivity index is 2.18. The first kappa shape index (κ1) is 22.5. The van der Waals surface area contributed by atoms with E-state index in [0.717, 1.165) is 53.6 Å². The molecule has 0 aliphatic carbocycles. The molecule has 4 heteroatoms. The van der Waals surface area contributed by atoms with Gasteiger partial charge in [0.15, 0.2) is 0 Å². The molecule has 0 aromatic heterocycles. The van der Waals surface area contributed by atoms with E-state index in [1.54, 1.807) is 0 Å². The molecule has 4 nitrogen and oxygen atoms in total. The van der Waals surface area contributed by atoms with Crippen molar-refractivity contribution >= 4 is 17.1 Å². The highest BCUT2D eigenvalue weighted by Gasteiger charge is 2.23. The van der Waals surface area contributed by atoms with Gasteiger partial charge in [0.1, 0.15) is 17.2 Å². The number of ether oxygens (including phenoxy) is 3. The number of rotatable bonds is 12. The van der Waals surface area contributed by atoms with Crippen molar-refractivity contribution in [1.82, 2.24) is 0 Å². The van der Waals surface area contributed by atoms with Crippen LogP contribution < -0.4 is 19.1 Å². The molecule has 0 radical (unpaired) electrons. The first-order valence-electron chi connectivity index (χ1n) is 11.3. The summed E-state index contributed by atoms with van der Waals surface area (Å²) in [6.45, 7) is 8.32. The number of benzene rings is 3. The number of hydrogen-bond acceptors (Lipinski definition) is 4. The van der Waals surface area contributed by atoms with Crippen LogP contribution in [0.2, 0.25) is 0 Å². The van der Waals surface area contributed by atoms with Gasteiger partial charge in [-0.3, -0.25) is 4.90 Å². The second-order valence-corrected chi connectivity index (χ2v) is 7.28. The molecular weight excluding hydrogens is 386 g/mol. The molecule has 0 N–H and O–H groups in total. The van der Waals surface area contributed by atoms with E-state index in [1.165, 1.54) is 0 Å². The molecule has 0 saturated heterocycles. The summed E-state index contributed by atoms with van der Waals surface area (Å²) in [4.78, 5) is 2.18. The summed E-state index contributed by atoms with van der Waals surface area (Å²) in [5.74, 6) is 2.50. The normalized spacial score (nSPS) is 10.5. The van der Waals surface area contributed by atoms with Gasteiger partial charge in [-0.15, -0.1) is 0 Å². The van der Waals surface area contributed by atoms with Crippen molar-refractivity contribution < 1.29 is 14.2 Å². The minimum atomic E-state index is 0.660. The Morgan fingerprint density at radius 1 is 0.484 bits per heavy atom. The summed E-state index contributed by atoms with van der Waals surface area (Å²) >= 11 is 0. The summed E-state index contributed by atoms with van der Waals surface area (Å²) in [5, 5.41) is 0. The number of para-hydroxylation sites is 6. The van der Waals surface area contributed by atoms with E-state index in [1.807, 2.05) is 54.6 Å². The molecule has 164 valence electrons. The molecule has 0 fully saturated rings. The lowest BCUT2D eigenvalue weighted by Crippen LogP contribution is -2.15. The zero-order valence-electron chi connectivity index (χ0n) is 18.8. The standard InChI is InChI=1S/C27H33NO3/c1-4-19-29-25-16-10-7-13-22(25)28(23-14-8-11-17-26(23)30-20-5-2)24-15-9-12-18-27(24)31-21-6-3/h7-18H,4-6,19-21H2,1-3H3. The van der Waals surface area contributed by atoms with Gasteiger partial charge in [-0.05, 0) is 55.7 Å². The van der Waals surface area contributed by atoms with Gasteiger partial charge in [0, 0.05) is 0 Å². The van der Waals surface area contributed by atoms with Gasteiger partial charge in [-0.1, -0.05) is 57.2 Å². The van der Waals surface area contributed by atoms with Crippen LogP contribution in [0.4, 0.5) is 17.1 Å². The molecule has 3 aromatic carbocycles. The molecule has 0 heterocycles. The fraction of sp³-hybridized carbons (Fsp3) is 0.333. The Morgan fingerprint density at radius 2 is 0.774 bits per heavy atom. The highest BCUT2D eigenvalue weighted by molar-refractivity contribution is 5.85. The molecule has 0 bridgehead atoms. The quantitative estimate of drug-likeness (QED) is 0.304. The molecular formula is C27H33NO3. The van der Waals surface area contributed by atoms with Gasteiger partial charge < -0.3 is 14.2 Å². The molecule has 0 amide bonds. The third-order valence-electron chi connectivity index (χ3n) is 4.70. The highest BCUT2D eigenvalue weighted by atomic mass is 16.5. The second-order valence-electron chi connectivity index (χ2n) is 7.28. The fourth-order valence-electron chi connectivity index (χ4n) is 3.32. The molecule has 0 atom stereocenters. The maximum atomic E-state index is 6.13. The van der Waals surface area contributed by atoms with E-state index in [-0.39, 0.29) is 0 Å². The minimum absolute atomic E-state index is 0.660. The Kier molecular flexibility index (Phi) is 8.65. The van der Waals surface area contributed by atoms with Crippen LogP contribution in [0.25, 0.3) is 0 Å². The summed E-state index contributed by atoms with van der Waals surface area (Å²) in [6.07, 6.45) is 2.84. The van der Waals surface area contributed by atoms with Crippen LogP contribution in [-0.2, 0) is 0 Å². The highest BCUT2D eigenvalue weighted by Crippen LogP contribution is 2.47. The average molecular weight is 420 g/mol. The largest absolute Gasteiger partial charge is 0.491 e. The van der Waals surface area contributed by atoms with Crippen LogP contribution in [-0.4, -0.2) is 19.8 Å². The van der Waals surface area contributed by atoms with Crippen LogP contribution in [0.5, 0.6) is 17.2 Å². The topological polar surface area (TPSA) is 30.9 Å². The monoisotopic (exact) mass is 419 g/mol. The fourth-order valence-corrected chi connectivity index (χ4v) is 3.32. The lowest BCUT2D eigenvalue weighted by Gasteiger charge is -2.30. The molecule has 0 unspecified atom stereocenters. The van der Waals surface area contributed by atoms with Gasteiger partial charge in [-0.2, -0.15) is 0 Å². The van der Waals surface area contributed by atoms with Crippen LogP contribution in [0.15, 0.2) is 72.8 Å². The molecule has 0 saturated carbocycles. The minimum Gasteiger partial charge on any atom is -0.491 e. The number of hydrogen-bond donors (Lipinski definition) is 0. The van der Waals surface area contributed by atoms with Gasteiger partial charge in [0.25, 0.3) is 0 Å². The smallest absolute Gasteiger partial charge is 0.143 e. The SMILES string of the molecule is CCCOc1ccccc1N(c1ccccc1OCCC)c1ccccc1OCCC. The van der Waals surface area contributed by atoms with E-state index in [0.29, 0.717) is 19.8 Å². The lowest BCUT2D eigenvalue weighted by atomic mass is 10.1. The van der Waals surface area contributed by atoms with E-state index < -0.39 is 0 Å². The van der Waals surface area contributed by atoms with E-state index in [4.69, 9.17) is 14.2 Å². The summed E-state index contributed by atoms with van der Waals surface area (Å²) < 4.78 is 18.4. The average Bonchev–Trinajstić information content (AvgIpc) is 2.82. The Bertz CT molecular complexity index is 819. The summed E-state index contributed by atoms with van der Waals surface area (Å²) in [7, 11) is 0. The molecule has 3 rings (SSSR count). The molecule has 0 spiro atoms. The van der Waals surface area contributed by atoms with E-state index in [2.05, 4.69) is 43.9 Å². The van der Waals surface area contributed by atoms with Crippen LogP contribution in [0.1, 0.15) is 40.0 Å². The molecule has 0 aliphatic heterocycles. The Morgan fingerprint density at radius 3 is 1.06 bits per heavy atom. The van der Waals surface area contributed by atoms with Gasteiger partial charge in [0.05, 0.1) is 36.9 Å². The third-order valence-corrected chi connectivity index (χ3v) is 4.70.